The van der Waals surface area contributed by atoms with E-state index in [4.69, 9.17) is 4.74 Å². The molecule has 0 saturated heterocycles. The van der Waals surface area contributed by atoms with Crippen molar-refractivity contribution in [1.82, 2.24) is 0 Å². The Bertz CT molecular complexity index is 400. The lowest BCUT2D eigenvalue weighted by Crippen LogP contribution is -2.17. The maximum atomic E-state index is 9.60. The molecule has 1 rings (SSSR count). The molecule has 1 aromatic carbocycles. The topological polar surface area (TPSA) is 29.5 Å². The maximum absolute atomic E-state index is 9.60. The number of hydrogen-bond donors (Lipinski definition) is 1. The van der Waals surface area contributed by atoms with Gasteiger partial charge in [0.2, 0.25) is 0 Å². The van der Waals surface area contributed by atoms with Gasteiger partial charge in [0.1, 0.15) is 5.75 Å². The maximum Gasteiger partial charge on any atom is 0.122 e. The Morgan fingerprint density at radius 3 is 2.61 bits per heavy atom. The number of aliphatic hydroxyl groups is 1. The van der Waals surface area contributed by atoms with E-state index in [1.807, 2.05) is 26.8 Å². The monoisotopic (exact) mass is 248 g/mol. The third kappa shape index (κ3) is 5.37. The molecule has 0 bridgehead atoms. The van der Waals surface area contributed by atoms with E-state index in [0.29, 0.717) is 6.61 Å². The second kappa shape index (κ2) is 6.60. The Kier molecular flexibility index (Phi) is 5.42. The number of hydrogen-bond acceptors (Lipinski definition) is 2. The van der Waals surface area contributed by atoms with E-state index in [1.165, 1.54) is 5.56 Å². The predicted molar refractivity (Wildman–Crippen MR) is 76.9 cm³/mol. The quantitative estimate of drug-likeness (QED) is 0.825. The van der Waals surface area contributed by atoms with Crippen LogP contribution in [0.3, 0.4) is 0 Å². The predicted octanol–water partition coefficient (Wildman–Crippen LogP) is 3.96. The third-order valence-electron chi connectivity index (χ3n) is 2.73. The Labute approximate surface area is 110 Å². The summed E-state index contributed by atoms with van der Waals surface area (Å²) in [4.78, 5) is 0. The second-order valence-corrected chi connectivity index (χ2v) is 5.21. The fourth-order valence-electron chi connectivity index (χ4n) is 1.75. The van der Waals surface area contributed by atoms with E-state index in [9.17, 15) is 5.11 Å². The normalized spacial score (nSPS) is 12.1. The average molecular weight is 248 g/mol. The van der Waals surface area contributed by atoms with Gasteiger partial charge in [0.05, 0.1) is 12.2 Å². The Balaban J connectivity index is 2.58. The van der Waals surface area contributed by atoms with E-state index in [0.717, 1.165) is 24.2 Å². The molecule has 0 heterocycles. The van der Waals surface area contributed by atoms with Crippen LogP contribution in [0.5, 0.6) is 5.75 Å². The molecule has 18 heavy (non-hydrogen) atoms. The summed E-state index contributed by atoms with van der Waals surface area (Å²) >= 11 is 0. The van der Waals surface area contributed by atoms with Crippen molar-refractivity contribution < 1.29 is 9.84 Å². The molecule has 0 amide bonds. The second-order valence-electron chi connectivity index (χ2n) is 5.21. The smallest absolute Gasteiger partial charge is 0.122 e. The van der Waals surface area contributed by atoms with Crippen LogP contribution in [0, 0.1) is 6.92 Å². The number of ether oxygens (including phenoxy) is 1. The molecule has 1 N–H and O–H groups in total. The van der Waals surface area contributed by atoms with Gasteiger partial charge in [0, 0.05) is 0 Å². The van der Waals surface area contributed by atoms with Crippen molar-refractivity contribution in [2.24, 2.45) is 0 Å². The molecule has 0 aliphatic carbocycles. The van der Waals surface area contributed by atoms with Crippen molar-refractivity contribution in [1.29, 1.82) is 0 Å². The van der Waals surface area contributed by atoms with Crippen molar-refractivity contribution in [3.8, 4) is 5.75 Å². The zero-order valence-corrected chi connectivity index (χ0v) is 11.9. The summed E-state index contributed by atoms with van der Waals surface area (Å²) in [5.74, 6) is 0.950. The molecule has 0 spiro atoms. The van der Waals surface area contributed by atoms with Gasteiger partial charge in [-0.1, -0.05) is 18.2 Å². The first-order valence-electron chi connectivity index (χ1n) is 6.55. The van der Waals surface area contributed by atoms with Crippen molar-refractivity contribution in [2.45, 2.75) is 46.1 Å². The van der Waals surface area contributed by atoms with E-state index >= 15 is 0 Å². The summed E-state index contributed by atoms with van der Waals surface area (Å²) < 4.78 is 5.50. The molecule has 0 aromatic heterocycles. The van der Waals surface area contributed by atoms with Gasteiger partial charge in [-0.15, -0.1) is 0 Å². The summed E-state index contributed by atoms with van der Waals surface area (Å²) in [5.41, 5.74) is 1.74. The van der Waals surface area contributed by atoms with Gasteiger partial charge in [-0.2, -0.15) is 0 Å². The minimum Gasteiger partial charge on any atom is -0.494 e. The molecular weight excluding hydrogens is 224 g/mol. The van der Waals surface area contributed by atoms with Crippen LogP contribution < -0.4 is 4.74 Å². The number of allylic oxidation sites excluding steroid dienone is 1. The van der Waals surface area contributed by atoms with Gasteiger partial charge in [0.15, 0.2) is 0 Å². The summed E-state index contributed by atoms with van der Waals surface area (Å²) in [7, 11) is 0. The van der Waals surface area contributed by atoms with Crippen LogP contribution in [0.25, 0.3) is 6.08 Å². The van der Waals surface area contributed by atoms with Crippen molar-refractivity contribution in [3.63, 3.8) is 0 Å². The first-order chi connectivity index (χ1) is 8.42. The van der Waals surface area contributed by atoms with Crippen molar-refractivity contribution in [3.05, 3.63) is 35.4 Å². The highest BCUT2D eigenvalue weighted by Crippen LogP contribution is 2.20. The minimum absolute atomic E-state index is 0.584. The Morgan fingerprint density at radius 1 is 1.33 bits per heavy atom. The largest absolute Gasteiger partial charge is 0.494 e. The number of benzene rings is 1. The summed E-state index contributed by atoms with van der Waals surface area (Å²) in [5, 5.41) is 9.60. The molecule has 0 unspecified atom stereocenters. The van der Waals surface area contributed by atoms with Crippen molar-refractivity contribution in [2.75, 3.05) is 6.61 Å². The minimum atomic E-state index is -0.584. The van der Waals surface area contributed by atoms with Crippen LogP contribution >= 0.6 is 0 Å². The van der Waals surface area contributed by atoms with E-state index in [-0.39, 0.29) is 0 Å². The molecule has 100 valence electrons. The molecule has 0 saturated carbocycles. The molecule has 0 aliphatic rings. The molecule has 0 fully saturated rings. The molecule has 2 nitrogen and oxygen atoms in total. The highest BCUT2D eigenvalue weighted by atomic mass is 16.5. The molecule has 0 aliphatic heterocycles. The van der Waals surface area contributed by atoms with Crippen LogP contribution in [0.4, 0.5) is 0 Å². The summed E-state index contributed by atoms with van der Waals surface area (Å²) in [6, 6.07) is 6.18. The zero-order chi connectivity index (χ0) is 13.6. The third-order valence-corrected chi connectivity index (χ3v) is 2.73. The Hall–Kier alpha value is -1.28. The Morgan fingerprint density at radius 2 is 2.06 bits per heavy atom. The van der Waals surface area contributed by atoms with Gasteiger partial charge in [0.25, 0.3) is 0 Å². The van der Waals surface area contributed by atoms with E-state index < -0.39 is 5.60 Å². The van der Waals surface area contributed by atoms with Crippen LogP contribution in [-0.4, -0.2) is 17.3 Å². The average Bonchev–Trinajstić information content (AvgIpc) is 2.27. The number of aryl methyl sites for hydroxylation is 1. The first-order valence-corrected chi connectivity index (χ1v) is 6.55. The SMILES string of the molecule is CCOc1ccc(/C=C/CCC(C)(C)O)cc1C. The summed E-state index contributed by atoms with van der Waals surface area (Å²) in [6.45, 7) is 8.41. The molecular formula is C16H24O2. The summed E-state index contributed by atoms with van der Waals surface area (Å²) in [6.07, 6.45) is 5.86. The molecule has 0 radical (unpaired) electrons. The van der Waals surface area contributed by atoms with E-state index in [1.54, 1.807) is 0 Å². The van der Waals surface area contributed by atoms with Gasteiger partial charge in [-0.3, -0.25) is 0 Å². The highest BCUT2D eigenvalue weighted by Gasteiger charge is 2.09. The van der Waals surface area contributed by atoms with Gasteiger partial charge in [-0.25, -0.2) is 0 Å². The van der Waals surface area contributed by atoms with Crippen LogP contribution in [0.2, 0.25) is 0 Å². The lowest BCUT2D eigenvalue weighted by Gasteiger charge is -2.14. The molecule has 0 atom stereocenters. The van der Waals surface area contributed by atoms with Gasteiger partial charge >= 0.3 is 0 Å². The lowest BCUT2D eigenvalue weighted by atomic mass is 10.0. The van der Waals surface area contributed by atoms with Crippen LogP contribution in [0.1, 0.15) is 44.7 Å². The standard InChI is InChI=1S/C16H24O2/c1-5-18-15-10-9-14(12-13(15)2)8-6-7-11-16(3,4)17/h6,8-10,12,17H,5,7,11H2,1-4H3/b8-6+. The first kappa shape index (κ1) is 14.8. The zero-order valence-electron chi connectivity index (χ0n) is 11.9. The lowest BCUT2D eigenvalue weighted by molar-refractivity contribution is 0.0722. The number of rotatable bonds is 6. The molecule has 2 heteroatoms. The van der Waals surface area contributed by atoms with Gasteiger partial charge in [-0.05, 0) is 63.8 Å². The van der Waals surface area contributed by atoms with Crippen LogP contribution in [-0.2, 0) is 0 Å². The van der Waals surface area contributed by atoms with Crippen molar-refractivity contribution >= 4 is 6.08 Å². The van der Waals surface area contributed by atoms with Crippen LogP contribution in [0.15, 0.2) is 24.3 Å². The fraction of sp³-hybridized carbons (Fsp3) is 0.500. The highest BCUT2D eigenvalue weighted by molar-refractivity contribution is 5.53. The fourth-order valence-corrected chi connectivity index (χ4v) is 1.75. The van der Waals surface area contributed by atoms with E-state index in [2.05, 4.69) is 31.2 Å². The molecule has 1 aromatic rings. The van der Waals surface area contributed by atoms with Gasteiger partial charge < -0.3 is 9.84 Å².